The van der Waals surface area contributed by atoms with Crippen LogP contribution in [-0.4, -0.2) is 55.4 Å². The van der Waals surface area contributed by atoms with Crippen LogP contribution < -0.4 is 15.4 Å². The number of methoxy groups -OCH3 is 1. The highest BCUT2D eigenvalue weighted by Gasteiger charge is 2.46. The number of ether oxygens (including phenoxy) is 1. The number of benzene rings is 2. The minimum Gasteiger partial charge on any atom is -0.495 e. The van der Waals surface area contributed by atoms with Gasteiger partial charge in [-0.25, -0.2) is 8.42 Å². The van der Waals surface area contributed by atoms with Gasteiger partial charge in [0.25, 0.3) is 0 Å². The van der Waals surface area contributed by atoms with Gasteiger partial charge in [0.05, 0.1) is 12.5 Å². The normalized spacial score (nSPS) is 21.8. The van der Waals surface area contributed by atoms with E-state index in [1.165, 1.54) is 23.6 Å². The lowest BCUT2D eigenvalue weighted by atomic mass is 10.1. The van der Waals surface area contributed by atoms with Crippen LogP contribution in [0.5, 0.6) is 5.75 Å². The van der Waals surface area contributed by atoms with Crippen molar-refractivity contribution in [3.05, 3.63) is 66.7 Å². The molecule has 35 heavy (non-hydrogen) atoms. The molecule has 8 nitrogen and oxygen atoms in total. The second kappa shape index (κ2) is 10.8. The van der Waals surface area contributed by atoms with Crippen molar-refractivity contribution >= 4 is 39.3 Å². The predicted octanol–water partition coefficient (Wildman–Crippen LogP) is 3.02. The zero-order valence-electron chi connectivity index (χ0n) is 19.5. The molecule has 4 rings (SSSR count). The molecule has 2 amide bonds. The largest absolute Gasteiger partial charge is 0.495 e. The summed E-state index contributed by atoms with van der Waals surface area (Å²) in [4.78, 5) is 24.0. The zero-order chi connectivity index (χ0) is 25.0. The van der Waals surface area contributed by atoms with Crippen LogP contribution in [-0.2, 0) is 26.0 Å². The number of aryl methyl sites for hydroxylation is 1. The van der Waals surface area contributed by atoms with Crippen molar-refractivity contribution in [3.8, 4) is 5.75 Å². The molecule has 3 unspecified atom stereocenters. The van der Waals surface area contributed by atoms with E-state index in [2.05, 4.69) is 17.2 Å². The first-order chi connectivity index (χ1) is 16.8. The average Bonchev–Trinajstić information content (AvgIpc) is 3.42. The number of carbonyl (C=O) groups excluding carboxylic acids is 2. The molecule has 2 aliphatic heterocycles. The van der Waals surface area contributed by atoms with E-state index in [1.54, 1.807) is 23.9 Å². The van der Waals surface area contributed by atoms with Gasteiger partial charge in [-0.15, -0.1) is 11.8 Å². The number of rotatable bonds is 9. The van der Waals surface area contributed by atoms with Crippen LogP contribution in [0.25, 0.3) is 0 Å². The topological polar surface area (TPSA) is 105 Å². The number of thioether (sulfide) groups is 1. The molecule has 186 valence electrons. The van der Waals surface area contributed by atoms with E-state index >= 15 is 0 Å². The van der Waals surface area contributed by atoms with E-state index in [9.17, 15) is 18.0 Å². The van der Waals surface area contributed by atoms with E-state index in [0.717, 1.165) is 5.56 Å². The maximum absolute atomic E-state index is 13.4. The van der Waals surface area contributed by atoms with Gasteiger partial charge >= 0.3 is 0 Å². The molecule has 0 spiro atoms. The van der Waals surface area contributed by atoms with Crippen molar-refractivity contribution in [2.45, 2.75) is 34.8 Å². The fourth-order valence-corrected chi connectivity index (χ4v) is 7.86. The van der Waals surface area contributed by atoms with Crippen LogP contribution in [0.1, 0.15) is 18.4 Å². The first-order valence-electron chi connectivity index (χ1n) is 11.4. The highest BCUT2D eigenvalue weighted by Crippen LogP contribution is 2.44. The average molecular weight is 516 g/mol. The van der Waals surface area contributed by atoms with Gasteiger partial charge in [0.1, 0.15) is 10.6 Å². The fourth-order valence-electron chi connectivity index (χ4n) is 4.46. The molecule has 2 N–H and O–H groups in total. The Morgan fingerprint density at radius 2 is 1.97 bits per heavy atom. The molecule has 2 aromatic carbocycles. The molecule has 10 heteroatoms. The second-order valence-corrected chi connectivity index (χ2v) is 11.9. The maximum Gasteiger partial charge on any atom is 0.246 e. The number of nitrogens with zero attached hydrogens (tertiary/aromatic N) is 1. The highest BCUT2D eigenvalue weighted by atomic mass is 32.2. The number of anilines is 1. The smallest absolute Gasteiger partial charge is 0.246 e. The maximum atomic E-state index is 13.4. The summed E-state index contributed by atoms with van der Waals surface area (Å²) in [5, 5.41) is 5.80. The van der Waals surface area contributed by atoms with E-state index < -0.39 is 10.0 Å². The van der Waals surface area contributed by atoms with Crippen LogP contribution in [0, 0.1) is 5.92 Å². The van der Waals surface area contributed by atoms with Gasteiger partial charge in [0.2, 0.25) is 21.8 Å². The number of fused-ring (bicyclic) bond motifs is 1. The molecule has 0 radical (unpaired) electrons. The summed E-state index contributed by atoms with van der Waals surface area (Å²) in [5.74, 6) is -0.0244. The summed E-state index contributed by atoms with van der Waals surface area (Å²) in [6.07, 6.45) is 2.89. The van der Waals surface area contributed by atoms with E-state index in [1.807, 2.05) is 30.3 Å². The molecular formula is C25H29N3O5S2. The molecule has 2 aromatic rings. The first-order valence-corrected chi connectivity index (χ1v) is 13.8. The van der Waals surface area contributed by atoms with Gasteiger partial charge < -0.3 is 15.4 Å². The third-order valence-electron chi connectivity index (χ3n) is 6.24. The monoisotopic (exact) mass is 515 g/mol. The minimum absolute atomic E-state index is 0.0281. The zero-order valence-corrected chi connectivity index (χ0v) is 21.1. The first kappa shape index (κ1) is 25.3. The van der Waals surface area contributed by atoms with Crippen LogP contribution in [0.2, 0.25) is 0 Å². The predicted molar refractivity (Wildman–Crippen MR) is 137 cm³/mol. The number of hydrogen-bond donors (Lipinski definition) is 2. The molecule has 2 aliphatic rings. The van der Waals surface area contributed by atoms with E-state index in [-0.39, 0.29) is 39.0 Å². The Bertz CT molecular complexity index is 1190. The van der Waals surface area contributed by atoms with E-state index in [4.69, 9.17) is 4.74 Å². The van der Waals surface area contributed by atoms with Gasteiger partial charge in [0.15, 0.2) is 0 Å². The van der Waals surface area contributed by atoms with Gasteiger partial charge in [-0.1, -0.05) is 36.9 Å². The summed E-state index contributed by atoms with van der Waals surface area (Å²) in [6.45, 7) is 4.23. The Hall–Kier alpha value is -2.82. The standard InChI is InChI=1S/C25H29N3O5S2/c1-3-23(29)27-25-13-18-15-28(16-21(18)34-25)35(31,32)22-11-10-19(14-20(22)33-2)26-24(30)12-9-17-7-5-4-6-8-17/h3-8,10-11,14,18,21,25H,1,9,12-13,15-16H2,2H3,(H,26,30)(H,27,29). The molecule has 0 aromatic heterocycles. The molecule has 3 atom stereocenters. The molecule has 2 fully saturated rings. The Morgan fingerprint density at radius 1 is 1.20 bits per heavy atom. The van der Waals surface area contributed by atoms with Crippen LogP contribution in [0.4, 0.5) is 5.69 Å². The molecule has 0 saturated carbocycles. The van der Waals surface area contributed by atoms with Crippen molar-refractivity contribution in [2.24, 2.45) is 5.92 Å². The third kappa shape index (κ3) is 5.88. The highest BCUT2D eigenvalue weighted by molar-refractivity contribution is 8.00. The lowest BCUT2D eigenvalue weighted by molar-refractivity contribution is -0.117. The quantitative estimate of drug-likeness (QED) is 0.498. The summed E-state index contributed by atoms with van der Waals surface area (Å²) in [7, 11) is -2.37. The number of hydrogen-bond acceptors (Lipinski definition) is 6. The van der Waals surface area contributed by atoms with Crippen molar-refractivity contribution in [1.29, 1.82) is 0 Å². The van der Waals surface area contributed by atoms with Gasteiger partial charge in [-0.3, -0.25) is 9.59 Å². The number of sulfonamides is 1. The minimum atomic E-state index is -3.78. The fraction of sp³-hybridized carbons (Fsp3) is 0.360. The molecular weight excluding hydrogens is 486 g/mol. The van der Waals surface area contributed by atoms with Crippen molar-refractivity contribution in [1.82, 2.24) is 9.62 Å². The Morgan fingerprint density at radius 3 is 2.66 bits per heavy atom. The molecule has 2 heterocycles. The van der Waals surface area contributed by atoms with E-state index in [0.29, 0.717) is 38.0 Å². The number of nitrogens with one attached hydrogen (secondary N) is 2. The lowest BCUT2D eigenvalue weighted by Gasteiger charge is -2.21. The van der Waals surface area contributed by atoms with Gasteiger partial charge in [0, 0.05) is 36.5 Å². The van der Waals surface area contributed by atoms with Crippen LogP contribution >= 0.6 is 11.8 Å². The van der Waals surface area contributed by atoms with Gasteiger partial charge in [-0.2, -0.15) is 4.31 Å². The second-order valence-electron chi connectivity index (χ2n) is 8.59. The summed E-state index contributed by atoms with van der Waals surface area (Å²) >= 11 is 1.60. The molecule has 2 saturated heterocycles. The SMILES string of the molecule is C=CC(=O)NC1CC2CN(S(=O)(=O)c3ccc(NC(=O)CCc4ccccc4)cc3OC)CC2S1. The Kier molecular flexibility index (Phi) is 7.83. The van der Waals surface area contributed by atoms with Crippen molar-refractivity contribution in [3.63, 3.8) is 0 Å². The van der Waals surface area contributed by atoms with Gasteiger partial charge in [-0.05, 0) is 42.5 Å². The number of carbonyl (C=O) groups is 2. The van der Waals surface area contributed by atoms with Crippen molar-refractivity contribution < 1.29 is 22.7 Å². The Labute approximate surface area is 210 Å². The summed E-state index contributed by atoms with van der Waals surface area (Å²) < 4.78 is 33.7. The molecule has 0 bridgehead atoms. The van der Waals surface area contributed by atoms with Crippen molar-refractivity contribution in [2.75, 3.05) is 25.5 Å². The molecule has 0 aliphatic carbocycles. The summed E-state index contributed by atoms with van der Waals surface area (Å²) in [6, 6.07) is 14.3. The van der Waals surface area contributed by atoms with Crippen LogP contribution in [0.3, 0.4) is 0 Å². The summed E-state index contributed by atoms with van der Waals surface area (Å²) in [5.41, 5.74) is 1.55. The van der Waals surface area contributed by atoms with Crippen LogP contribution in [0.15, 0.2) is 66.1 Å². The number of amides is 2. The lowest BCUT2D eigenvalue weighted by Crippen LogP contribution is -2.33. The Balaban J connectivity index is 1.39. The third-order valence-corrected chi connectivity index (χ3v) is 9.63.